The Labute approximate surface area is 180 Å². The van der Waals surface area contributed by atoms with Gasteiger partial charge in [-0.25, -0.2) is 9.67 Å². The zero-order chi connectivity index (χ0) is 21.1. The molecule has 158 valence electrons. The average molecular weight is 429 g/mol. The van der Waals surface area contributed by atoms with E-state index in [1.165, 1.54) is 0 Å². The molecule has 1 aliphatic rings. The molecule has 0 radical (unpaired) electrons. The molecule has 1 saturated heterocycles. The molecule has 1 aromatic carbocycles. The summed E-state index contributed by atoms with van der Waals surface area (Å²) in [5.74, 6) is 2.66. The fourth-order valence-corrected chi connectivity index (χ4v) is 3.92. The Balaban J connectivity index is 1.28. The Morgan fingerprint density at radius 2 is 2.20 bits per heavy atom. The summed E-state index contributed by atoms with van der Waals surface area (Å²) in [6, 6.07) is 9.33. The zero-order valence-corrected chi connectivity index (χ0v) is 17.9. The van der Waals surface area contributed by atoms with Crippen molar-refractivity contribution in [1.29, 1.82) is 0 Å². The maximum atomic E-state index is 12.6. The van der Waals surface area contributed by atoms with Gasteiger partial charge in [0.05, 0.1) is 17.9 Å². The first-order chi connectivity index (χ1) is 14.5. The molecule has 1 N–H and O–H groups in total. The summed E-state index contributed by atoms with van der Waals surface area (Å²) < 4.78 is 7.55. The Morgan fingerprint density at radius 3 is 2.97 bits per heavy atom. The minimum absolute atomic E-state index is 0.144. The van der Waals surface area contributed by atoms with Crippen LogP contribution in [-0.4, -0.2) is 48.9 Å². The number of amides is 1. The fourth-order valence-electron chi connectivity index (χ4n) is 3.74. The zero-order valence-electron chi connectivity index (χ0n) is 17.1. The predicted molar refractivity (Wildman–Crippen MR) is 112 cm³/mol. The molecule has 1 aliphatic heterocycles. The summed E-state index contributed by atoms with van der Waals surface area (Å²) in [5.41, 5.74) is 1.87. The van der Waals surface area contributed by atoms with Crippen molar-refractivity contribution >= 4 is 17.5 Å². The smallest absolute Gasteiger partial charge is 0.224 e. The van der Waals surface area contributed by atoms with Gasteiger partial charge < -0.3 is 9.64 Å². The number of aryl methyl sites for hydroxylation is 3. The van der Waals surface area contributed by atoms with E-state index in [0.29, 0.717) is 36.9 Å². The number of benzene rings is 1. The molecule has 2 aromatic heterocycles. The van der Waals surface area contributed by atoms with Crippen molar-refractivity contribution in [2.24, 2.45) is 0 Å². The third-order valence-electron chi connectivity index (χ3n) is 5.30. The van der Waals surface area contributed by atoms with Gasteiger partial charge in [-0.1, -0.05) is 17.7 Å². The van der Waals surface area contributed by atoms with E-state index in [1.54, 1.807) is 10.7 Å². The highest BCUT2D eigenvalue weighted by Gasteiger charge is 2.28. The maximum absolute atomic E-state index is 12.6. The van der Waals surface area contributed by atoms with Crippen molar-refractivity contribution in [1.82, 2.24) is 29.9 Å². The Bertz CT molecular complexity index is 1030. The molecule has 0 spiro atoms. The highest BCUT2D eigenvalue weighted by molar-refractivity contribution is 6.30. The van der Waals surface area contributed by atoms with Gasteiger partial charge in [0.2, 0.25) is 5.91 Å². The van der Waals surface area contributed by atoms with Crippen LogP contribution in [0.3, 0.4) is 0 Å². The number of nitrogens with one attached hydrogen (secondary N) is 1. The lowest BCUT2D eigenvalue weighted by Crippen LogP contribution is -2.29. The number of ether oxygens (including phenoxy) is 1. The SMILES string of the molecule is Cc1nc(C)n(CCC(=O)N2CC[C@@H](c3cc(COc4cccc(Cl)c4)[nH]n3)C2)n1. The monoisotopic (exact) mass is 428 g/mol. The third kappa shape index (κ3) is 4.81. The number of H-pyrrole nitrogens is 1. The van der Waals surface area contributed by atoms with Crippen molar-refractivity contribution in [3.8, 4) is 5.75 Å². The van der Waals surface area contributed by atoms with E-state index in [-0.39, 0.29) is 11.8 Å². The summed E-state index contributed by atoms with van der Waals surface area (Å²) in [6.45, 7) is 6.14. The van der Waals surface area contributed by atoms with E-state index < -0.39 is 0 Å². The number of carbonyl (C=O) groups excluding carboxylic acids is 1. The number of aromatic amines is 1. The van der Waals surface area contributed by atoms with Crippen molar-refractivity contribution in [3.63, 3.8) is 0 Å². The number of hydrogen-bond acceptors (Lipinski definition) is 5. The minimum Gasteiger partial charge on any atom is -0.487 e. The number of halogens is 1. The van der Waals surface area contributed by atoms with E-state index in [1.807, 2.05) is 43.0 Å². The van der Waals surface area contributed by atoms with E-state index in [4.69, 9.17) is 16.3 Å². The van der Waals surface area contributed by atoms with Crippen molar-refractivity contribution in [2.75, 3.05) is 13.1 Å². The average Bonchev–Trinajstić information content (AvgIpc) is 3.44. The Morgan fingerprint density at radius 1 is 1.33 bits per heavy atom. The normalized spacial score (nSPS) is 16.2. The predicted octanol–water partition coefficient (Wildman–Crippen LogP) is 3.26. The van der Waals surface area contributed by atoms with E-state index in [9.17, 15) is 4.79 Å². The molecular formula is C21H25ClN6O2. The van der Waals surface area contributed by atoms with Gasteiger partial charge in [-0.3, -0.25) is 9.89 Å². The highest BCUT2D eigenvalue weighted by Crippen LogP contribution is 2.27. The highest BCUT2D eigenvalue weighted by atomic mass is 35.5. The van der Waals surface area contributed by atoms with Crippen LogP contribution in [0.5, 0.6) is 5.75 Å². The molecule has 1 fully saturated rings. The van der Waals surface area contributed by atoms with Gasteiger partial charge in [0, 0.05) is 30.5 Å². The number of rotatable bonds is 7. The van der Waals surface area contributed by atoms with Crippen LogP contribution in [0.2, 0.25) is 5.02 Å². The number of nitrogens with zero attached hydrogens (tertiary/aromatic N) is 5. The second kappa shape index (κ2) is 8.87. The maximum Gasteiger partial charge on any atom is 0.224 e. The van der Waals surface area contributed by atoms with Crippen molar-refractivity contribution < 1.29 is 9.53 Å². The topological polar surface area (TPSA) is 88.9 Å². The van der Waals surface area contributed by atoms with E-state index in [0.717, 1.165) is 36.0 Å². The molecule has 3 heterocycles. The van der Waals surface area contributed by atoms with Crippen LogP contribution >= 0.6 is 11.6 Å². The summed E-state index contributed by atoms with van der Waals surface area (Å²) in [4.78, 5) is 18.8. The molecule has 4 rings (SSSR count). The van der Waals surface area contributed by atoms with Crippen LogP contribution in [0.1, 0.15) is 41.8 Å². The molecule has 30 heavy (non-hydrogen) atoms. The first-order valence-electron chi connectivity index (χ1n) is 10.1. The van der Waals surface area contributed by atoms with Gasteiger partial charge in [0.15, 0.2) is 0 Å². The standard InChI is InChI=1S/C21H25ClN6O2/c1-14-23-15(2)28(26-14)9-7-21(29)27-8-6-16(12-27)20-11-18(24-25-20)13-30-19-5-3-4-17(22)10-19/h3-5,10-11,16H,6-9,12-13H2,1-2H3,(H,24,25)/t16-/m1/s1. The minimum atomic E-state index is 0.144. The van der Waals surface area contributed by atoms with Gasteiger partial charge in [0.25, 0.3) is 0 Å². The summed E-state index contributed by atoms with van der Waals surface area (Å²) in [6.07, 6.45) is 1.34. The van der Waals surface area contributed by atoms with Crippen LogP contribution in [0, 0.1) is 13.8 Å². The van der Waals surface area contributed by atoms with E-state index >= 15 is 0 Å². The van der Waals surface area contributed by atoms with Gasteiger partial charge >= 0.3 is 0 Å². The first kappa shape index (κ1) is 20.4. The van der Waals surface area contributed by atoms with Gasteiger partial charge in [-0.2, -0.15) is 10.2 Å². The second-order valence-electron chi connectivity index (χ2n) is 7.57. The molecule has 9 heteroatoms. The molecular weight excluding hydrogens is 404 g/mol. The molecule has 1 amide bonds. The summed E-state index contributed by atoms with van der Waals surface area (Å²) in [5, 5.41) is 12.4. The van der Waals surface area contributed by atoms with Gasteiger partial charge in [-0.15, -0.1) is 0 Å². The van der Waals surface area contributed by atoms with Crippen molar-refractivity contribution in [3.05, 3.63) is 58.4 Å². The number of carbonyl (C=O) groups is 1. The molecule has 0 saturated carbocycles. The number of likely N-dealkylation sites (tertiary alicyclic amines) is 1. The van der Waals surface area contributed by atoms with Crippen LogP contribution < -0.4 is 4.74 Å². The largest absolute Gasteiger partial charge is 0.487 e. The Hall–Kier alpha value is -2.87. The lowest BCUT2D eigenvalue weighted by atomic mass is 10.1. The molecule has 0 bridgehead atoms. The number of aromatic nitrogens is 5. The van der Waals surface area contributed by atoms with Crippen LogP contribution in [0.25, 0.3) is 0 Å². The fraction of sp³-hybridized carbons (Fsp3) is 0.429. The number of hydrogen-bond donors (Lipinski definition) is 1. The summed E-state index contributed by atoms with van der Waals surface area (Å²) in [7, 11) is 0. The molecule has 3 aromatic rings. The lowest BCUT2D eigenvalue weighted by Gasteiger charge is -2.16. The second-order valence-corrected chi connectivity index (χ2v) is 8.01. The van der Waals surface area contributed by atoms with Crippen LogP contribution in [-0.2, 0) is 17.9 Å². The first-order valence-corrected chi connectivity index (χ1v) is 10.4. The lowest BCUT2D eigenvalue weighted by molar-refractivity contribution is -0.130. The van der Waals surface area contributed by atoms with Crippen LogP contribution in [0.15, 0.2) is 30.3 Å². The summed E-state index contributed by atoms with van der Waals surface area (Å²) >= 11 is 5.98. The van der Waals surface area contributed by atoms with E-state index in [2.05, 4.69) is 20.3 Å². The van der Waals surface area contributed by atoms with Crippen molar-refractivity contribution in [2.45, 2.75) is 45.8 Å². The quantitative estimate of drug-likeness (QED) is 0.624. The molecule has 1 atom stereocenters. The van der Waals surface area contributed by atoms with Crippen LogP contribution in [0.4, 0.5) is 0 Å². The van der Waals surface area contributed by atoms with Gasteiger partial charge in [0.1, 0.15) is 24.0 Å². The third-order valence-corrected chi connectivity index (χ3v) is 5.54. The molecule has 0 unspecified atom stereocenters. The Kier molecular flexibility index (Phi) is 6.03. The molecule has 8 nitrogen and oxygen atoms in total. The van der Waals surface area contributed by atoms with Gasteiger partial charge in [-0.05, 0) is 44.5 Å². The molecule has 0 aliphatic carbocycles.